The summed E-state index contributed by atoms with van der Waals surface area (Å²) in [6.07, 6.45) is 7.06. The van der Waals surface area contributed by atoms with Gasteiger partial charge in [-0.2, -0.15) is 0 Å². The summed E-state index contributed by atoms with van der Waals surface area (Å²) >= 11 is 0. The van der Waals surface area contributed by atoms with Crippen molar-refractivity contribution >= 4 is 0 Å². The number of hydrogen-bond acceptors (Lipinski definition) is 2. The van der Waals surface area contributed by atoms with Crippen molar-refractivity contribution < 1.29 is 0 Å². The molecule has 0 aromatic carbocycles. The fourth-order valence-electron chi connectivity index (χ4n) is 4.07. The predicted molar refractivity (Wildman–Crippen MR) is 69.6 cm³/mol. The monoisotopic (exact) mass is 224 g/mol. The van der Waals surface area contributed by atoms with Gasteiger partial charge in [-0.1, -0.05) is 13.8 Å². The van der Waals surface area contributed by atoms with E-state index in [0.717, 1.165) is 6.04 Å². The van der Waals surface area contributed by atoms with Crippen LogP contribution in [-0.2, 0) is 0 Å². The maximum atomic E-state index is 3.51. The van der Waals surface area contributed by atoms with Crippen molar-refractivity contribution in [3.63, 3.8) is 0 Å². The lowest BCUT2D eigenvalue weighted by atomic mass is 9.58. The highest BCUT2D eigenvalue weighted by Crippen LogP contribution is 2.51. The van der Waals surface area contributed by atoms with Crippen LogP contribution in [0.5, 0.6) is 0 Å². The fraction of sp³-hybridized carbons (Fsp3) is 1.00. The maximum absolute atomic E-state index is 3.51. The molecule has 1 atom stereocenters. The van der Waals surface area contributed by atoms with E-state index in [1.54, 1.807) is 0 Å². The highest BCUT2D eigenvalue weighted by Gasteiger charge is 2.45. The van der Waals surface area contributed by atoms with Crippen LogP contribution in [0.3, 0.4) is 0 Å². The highest BCUT2D eigenvalue weighted by molar-refractivity contribution is 4.99. The van der Waals surface area contributed by atoms with Crippen molar-refractivity contribution in [2.75, 3.05) is 27.2 Å². The number of rotatable bonds is 1. The normalized spacial score (nSPS) is 34.1. The molecule has 0 bridgehead atoms. The van der Waals surface area contributed by atoms with Gasteiger partial charge >= 0.3 is 0 Å². The van der Waals surface area contributed by atoms with Crippen LogP contribution in [0.2, 0.25) is 0 Å². The Bertz CT molecular complexity index is 239. The van der Waals surface area contributed by atoms with E-state index in [4.69, 9.17) is 0 Å². The van der Waals surface area contributed by atoms with Gasteiger partial charge in [0.2, 0.25) is 0 Å². The molecular formula is C14H28N2. The lowest BCUT2D eigenvalue weighted by molar-refractivity contribution is 0.00471. The van der Waals surface area contributed by atoms with Crippen molar-refractivity contribution in [3.8, 4) is 0 Å². The zero-order valence-corrected chi connectivity index (χ0v) is 11.5. The van der Waals surface area contributed by atoms with Crippen molar-refractivity contribution in [2.24, 2.45) is 10.8 Å². The fourth-order valence-corrected chi connectivity index (χ4v) is 4.07. The quantitative estimate of drug-likeness (QED) is 0.736. The third kappa shape index (κ3) is 2.28. The summed E-state index contributed by atoms with van der Waals surface area (Å²) in [5, 5.41) is 3.51. The van der Waals surface area contributed by atoms with Crippen molar-refractivity contribution in [2.45, 2.75) is 52.0 Å². The zero-order valence-electron chi connectivity index (χ0n) is 11.5. The van der Waals surface area contributed by atoms with Gasteiger partial charge in [-0.25, -0.2) is 0 Å². The second-order valence-electron chi connectivity index (χ2n) is 6.85. The molecule has 2 rings (SSSR count). The van der Waals surface area contributed by atoms with E-state index in [-0.39, 0.29) is 0 Å². The first-order valence-electron chi connectivity index (χ1n) is 6.83. The molecule has 2 fully saturated rings. The Morgan fingerprint density at radius 2 is 1.75 bits per heavy atom. The molecule has 1 N–H and O–H groups in total. The number of piperidine rings is 1. The van der Waals surface area contributed by atoms with Crippen LogP contribution in [0.1, 0.15) is 46.0 Å². The summed E-state index contributed by atoms with van der Waals surface area (Å²) in [6, 6.07) is 0.720. The van der Waals surface area contributed by atoms with Gasteiger partial charge in [0.15, 0.2) is 0 Å². The second kappa shape index (κ2) is 4.30. The van der Waals surface area contributed by atoms with Gasteiger partial charge in [0, 0.05) is 6.04 Å². The lowest BCUT2D eigenvalue weighted by Gasteiger charge is -2.52. The molecule has 1 saturated heterocycles. The first-order valence-corrected chi connectivity index (χ1v) is 6.83. The standard InChI is InChI=1S/C14H28N2/c1-13(2)11-14(6-5-12(13)15-3)7-9-16(4)10-8-14/h12,15H,5-11H2,1-4H3. The topological polar surface area (TPSA) is 15.3 Å². The number of likely N-dealkylation sites (tertiary alicyclic amines) is 1. The molecule has 16 heavy (non-hydrogen) atoms. The molecule has 2 nitrogen and oxygen atoms in total. The minimum Gasteiger partial charge on any atom is -0.316 e. The second-order valence-corrected chi connectivity index (χ2v) is 6.85. The SMILES string of the molecule is CNC1CCC2(CCN(C)CC2)CC1(C)C. The molecule has 1 aliphatic carbocycles. The molecule has 1 heterocycles. The Labute approximate surface area is 101 Å². The van der Waals surface area contributed by atoms with Gasteiger partial charge in [0.1, 0.15) is 0 Å². The Balaban J connectivity index is 2.04. The molecule has 94 valence electrons. The minimum atomic E-state index is 0.475. The molecule has 2 heteroatoms. The smallest absolute Gasteiger partial charge is 0.0116 e. The summed E-state index contributed by atoms with van der Waals surface area (Å²) in [4.78, 5) is 2.49. The van der Waals surface area contributed by atoms with Crippen LogP contribution < -0.4 is 5.32 Å². The third-order valence-corrected chi connectivity index (χ3v) is 5.13. The van der Waals surface area contributed by atoms with E-state index in [1.165, 1.54) is 45.2 Å². The minimum absolute atomic E-state index is 0.475. The van der Waals surface area contributed by atoms with Gasteiger partial charge in [0.25, 0.3) is 0 Å². The largest absolute Gasteiger partial charge is 0.316 e. The van der Waals surface area contributed by atoms with Crippen LogP contribution in [0.15, 0.2) is 0 Å². The summed E-state index contributed by atoms with van der Waals surface area (Å²) < 4.78 is 0. The van der Waals surface area contributed by atoms with E-state index in [1.807, 2.05) is 0 Å². The molecule has 0 radical (unpaired) electrons. The molecule has 0 amide bonds. The van der Waals surface area contributed by atoms with Gasteiger partial charge < -0.3 is 10.2 Å². The van der Waals surface area contributed by atoms with Crippen molar-refractivity contribution in [1.29, 1.82) is 0 Å². The van der Waals surface area contributed by atoms with E-state index >= 15 is 0 Å². The number of nitrogens with zero attached hydrogens (tertiary/aromatic N) is 1. The van der Waals surface area contributed by atoms with Crippen LogP contribution >= 0.6 is 0 Å². The van der Waals surface area contributed by atoms with Crippen LogP contribution in [0.25, 0.3) is 0 Å². The van der Waals surface area contributed by atoms with Gasteiger partial charge in [-0.15, -0.1) is 0 Å². The predicted octanol–water partition coefficient (Wildman–Crippen LogP) is 2.50. The van der Waals surface area contributed by atoms with Crippen LogP contribution in [-0.4, -0.2) is 38.1 Å². The Morgan fingerprint density at radius 3 is 2.25 bits per heavy atom. The third-order valence-electron chi connectivity index (χ3n) is 5.13. The number of nitrogens with one attached hydrogen (secondary N) is 1. The molecule has 1 spiro atoms. The van der Waals surface area contributed by atoms with E-state index in [9.17, 15) is 0 Å². The molecule has 1 aliphatic heterocycles. The molecule has 0 aromatic rings. The van der Waals surface area contributed by atoms with E-state index in [0.29, 0.717) is 10.8 Å². The van der Waals surface area contributed by atoms with Crippen LogP contribution in [0.4, 0.5) is 0 Å². The average molecular weight is 224 g/mol. The molecule has 1 saturated carbocycles. The zero-order chi connectivity index (χ0) is 11.8. The summed E-state index contributed by atoms with van der Waals surface area (Å²) in [5.41, 5.74) is 1.15. The van der Waals surface area contributed by atoms with Gasteiger partial charge in [-0.3, -0.25) is 0 Å². The molecule has 1 unspecified atom stereocenters. The highest BCUT2D eigenvalue weighted by atomic mass is 15.1. The first-order chi connectivity index (χ1) is 7.47. The van der Waals surface area contributed by atoms with E-state index in [2.05, 4.69) is 38.2 Å². The number of hydrogen-bond donors (Lipinski definition) is 1. The average Bonchev–Trinajstić information content (AvgIpc) is 2.22. The lowest BCUT2D eigenvalue weighted by Crippen LogP contribution is -2.51. The molecular weight excluding hydrogens is 196 g/mol. The molecule has 0 aromatic heterocycles. The Hall–Kier alpha value is -0.0800. The van der Waals surface area contributed by atoms with Crippen LogP contribution in [0, 0.1) is 10.8 Å². The summed E-state index contributed by atoms with van der Waals surface area (Å²) in [6.45, 7) is 7.52. The Kier molecular flexibility index (Phi) is 3.33. The molecule has 2 aliphatic rings. The van der Waals surface area contributed by atoms with E-state index < -0.39 is 0 Å². The van der Waals surface area contributed by atoms with Gasteiger partial charge in [-0.05, 0) is 70.1 Å². The maximum Gasteiger partial charge on any atom is 0.0116 e. The Morgan fingerprint density at radius 1 is 1.12 bits per heavy atom. The van der Waals surface area contributed by atoms with Crippen molar-refractivity contribution in [1.82, 2.24) is 10.2 Å². The first kappa shape index (κ1) is 12.4. The van der Waals surface area contributed by atoms with Crippen molar-refractivity contribution in [3.05, 3.63) is 0 Å². The van der Waals surface area contributed by atoms with Gasteiger partial charge in [0.05, 0.1) is 0 Å². The summed E-state index contributed by atoms with van der Waals surface area (Å²) in [7, 11) is 4.39. The summed E-state index contributed by atoms with van der Waals surface area (Å²) in [5.74, 6) is 0.